The van der Waals surface area contributed by atoms with Crippen molar-refractivity contribution >= 4 is 5.69 Å². The van der Waals surface area contributed by atoms with E-state index in [2.05, 4.69) is 22.9 Å². The molecule has 0 aliphatic carbocycles. The first-order valence-electron chi connectivity index (χ1n) is 6.35. The summed E-state index contributed by atoms with van der Waals surface area (Å²) in [6.07, 6.45) is 3.93. The van der Waals surface area contributed by atoms with Crippen LogP contribution in [0.3, 0.4) is 0 Å². The maximum atomic E-state index is 5.95. The van der Waals surface area contributed by atoms with Gasteiger partial charge < -0.3 is 15.4 Å². The molecule has 4 heteroatoms. The lowest BCUT2D eigenvalue weighted by molar-refractivity contribution is 0.152. The Balaban J connectivity index is 2.05. The van der Waals surface area contributed by atoms with Crippen molar-refractivity contribution in [3.05, 3.63) is 24.0 Å². The number of aromatic nitrogens is 1. The molecular weight excluding hydrogens is 214 g/mol. The lowest BCUT2D eigenvalue weighted by atomic mass is 10.1. The summed E-state index contributed by atoms with van der Waals surface area (Å²) in [6.45, 7) is 5.73. The smallest absolute Gasteiger partial charge is 0.0641 e. The number of pyridine rings is 1. The molecule has 1 aliphatic rings. The molecule has 1 saturated heterocycles. The van der Waals surface area contributed by atoms with E-state index < -0.39 is 0 Å². The molecule has 2 heterocycles. The molecule has 0 saturated carbocycles. The predicted molar refractivity (Wildman–Crippen MR) is 69.1 cm³/mol. The van der Waals surface area contributed by atoms with Gasteiger partial charge in [-0.25, -0.2) is 0 Å². The second-order valence-electron chi connectivity index (χ2n) is 4.41. The third-order valence-electron chi connectivity index (χ3n) is 3.18. The first-order chi connectivity index (χ1) is 8.31. The van der Waals surface area contributed by atoms with Gasteiger partial charge in [-0.15, -0.1) is 0 Å². The number of hydrogen-bond donors (Lipinski definition) is 1. The van der Waals surface area contributed by atoms with Crippen LogP contribution in [-0.2, 0) is 4.74 Å². The summed E-state index contributed by atoms with van der Waals surface area (Å²) < 4.78 is 5.44. The monoisotopic (exact) mass is 235 g/mol. The third kappa shape index (κ3) is 3.17. The van der Waals surface area contributed by atoms with Gasteiger partial charge in [0.25, 0.3) is 0 Å². The van der Waals surface area contributed by atoms with Crippen molar-refractivity contribution in [1.29, 1.82) is 0 Å². The summed E-state index contributed by atoms with van der Waals surface area (Å²) in [5.74, 6) is 0. The molecule has 0 amide bonds. The fourth-order valence-corrected chi connectivity index (χ4v) is 2.02. The van der Waals surface area contributed by atoms with E-state index in [0.717, 1.165) is 44.8 Å². The van der Waals surface area contributed by atoms with Crippen LogP contribution in [0.25, 0.3) is 0 Å². The highest BCUT2D eigenvalue weighted by Crippen LogP contribution is 2.18. The zero-order valence-electron chi connectivity index (χ0n) is 10.4. The lowest BCUT2D eigenvalue weighted by Crippen LogP contribution is -2.26. The third-order valence-corrected chi connectivity index (χ3v) is 3.18. The molecule has 0 spiro atoms. The Morgan fingerprint density at radius 1 is 1.41 bits per heavy atom. The van der Waals surface area contributed by atoms with Gasteiger partial charge in [-0.2, -0.15) is 0 Å². The van der Waals surface area contributed by atoms with E-state index in [1.165, 1.54) is 5.69 Å². The first-order valence-corrected chi connectivity index (χ1v) is 6.35. The van der Waals surface area contributed by atoms with Crippen molar-refractivity contribution in [3.63, 3.8) is 0 Å². The Kier molecular flexibility index (Phi) is 4.34. The molecule has 0 aromatic carbocycles. The summed E-state index contributed by atoms with van der Waals surface area (Å²) in [7, 11) is 0. The maximum absolute atomic E-state index is 5.95. The van der Waals surface area contributed by atoms with Crippen LogP contribution in [0.15, 0.2) is 18.3 Å². The van der Waals surface area contributed by atoms with Crippen LogP contribution in [0.4, 0.5) is 5.69 Å². The summed E-state index contributed by atoms with van der Waals surface area (Å²) in [6, 6.07) is 4.20. The van der Waals surface area contributed by atoms with Crippen molar-refractivity contribution in [2.24, 2.45) is 5.73 Å². The minimum atomic E-state index is 0.0523. The van der Waals surface area contributed by atoms with Gasteiger partial charge in [0.2, 0.25) is 0 Å². The van der Waals surface area contributed by atoms with Gasteiger partial charge in [0.1, 0.15) is 0 Å². The molecular formula is C13H21N3O. The Morgan fingerprint density at radius 3 is 3.00 bits per heavy atom. The predicted octanol–water partition coefficient (Wildman–Crippen LogP) is 1.72. The van der Waals surface area contributed by atoms with Gasteiger partial charge >= 0.3 is 0 Å². The number of nitrogens with zero attached hydrogens (tertiary/aromatic N) is 2. The van der Waals surface area contributed by atoms with Gasteiger partial charge in [0, 0.05) is 25.7 Å². The van der Waals surface area contributed by atoms with Gasteiger partial charge in [0.15, 0.2) is 0 Å². The molecule has 1 aromatic rings. The molecule has 1 unspecified atom stereocenters. The molecule has 1 aromatic heterocycles. The fourth-order valence-electron chi connectivity index (χ4n) is 2.02. The molecule has 0 radical (unpaired) electrons. The fraction of sp³-hybridized carbons (Fsp3) is 0.615. The summed E-state index contributed by atoms with van der Waals surface area (Å²) >= 11 is 0. The van der Waals surface area contributed by atoms with Gasteiger partial charge in [-0.1, -0.05) is 6.92 Å². The van der Waals surface area contributed by atoms with Gasteiger partial charge in [-0.3, -0.25) is 4.98 Å². The summed E-state index contributed by atoms with van der Waals surface area (Å²) in [5, 5.41) is 0. The molecule has 0 bridgehead atoms. The van der Waals surface area contributed by atoms with Crippen LogP contribution in [0.2, 0.25) is 0 Å². The van der Waals surface area contributed by atoms with Crippen LogP contribution in [-0.4, -0.2) is 31.3 Å². The van der Waals surface area contributed by atoms with E-state index in [4.69, 9.17) is 10.5 Å². The van der Waals surface area contributed by atoms with Crippen LogP contribution >= 0.6 is 0 Å². The van der Waals surface area contributed by atoms with E-state index >= 15 is 0 Å². The minimum absolute atomic E-state index is 0.0523. The Bertz CT molecular complexity index is 331. The van der Waals surface area contributed by atoms with Crippen molar-refractivity contribution in [3.8, 4) is 0 Å². The van der Waals surface area contributed by atoms with Crippen LogP contribution in [0.5, 0.6) is 0 Å². The zero-order valence-corrected chi connectivity index (χ0v) is 10.4. The normalized spacial score (nSPS) is 18.8. The SMILES string of the molecule is CCC(N)c1ccc(N2CCCOCC2)cn1. The van der Waals surface area contributed by atoms with Crippen LogP contribution < -0.4 is 10.6 Å². The standard InChI is InChI=1S/C13H21N3O/c1-2-12(14)13-5-4-11(10-15-13)16-6-3-8-17-9-7-16/h4-5,10,12H,2-3,6-9,14H2,1H3. The average Bonchev–Trinajstić information content (AvgIpc) is 2.67. The second kappa shape index (κ2) is 5.98. The average molecular weight is 235 g/mol. The topological polar surface area (TPSA) is 51.4 Å². The van der Waals surface area contributed by atoms with E-state index in [-0.39, 0.29) is 6.04 Å². The number of anilines is 1. The van der Waals surface area contributed by atoms with Crippen molar-refractivity contribution in [2.75, 3.05) is 31.2 Å². The number of nitrogens with two attached hydrogens (primary N) is 1. The van der Waals surface area contributed by atoms with Gasteiger partial charge in [0.05, 0.1) is 24.2 Å². The highest BCUT2D eigenvalue weighted by atomic mass is 16.5. The quantitative estimate of drug-likeness (QED) is 0.866. The highest BCUT2D eigenvalue weighted by molar-refractivity contribution is 5.44. The molecule has 1 aliphatic heterocycles. The van der Waals surface area contributed by atoms with E-state index in [9.17, 15) is 0 Å². The molecule has 17 heavy (non-hydrogen) atoms. The maximum Gasteiger partial charge on any atom is 0.0641 e. The highest BCUT2D eigenvalue weighted by Gasteiger charge is 2.11. The van der Waals surface area contributed by atoms with E-state index in [1.807, 2.05) is 12.3 Å². The molecule has 2 rings (SSSR count). The Labute approximate surface area is 103 Å². The molecule has 4 nitrogen and oxygen atoms in total. The Morgan fingerprint density at radius 2 is 2.29 bits per heavy atom. The minimum Gasteiger partial charge on any atom is -0.380 e. The molecule has 94 valence electrons. The molecule has 1 atom stereocenters. The van der Waals surface area contributed by atoms with Crippen molar-refractivity contribution < 1.29 is 4.74 Å². The van der Waals surface area contributed by atoms with Crippen LogP contribution in [0, 0.1) is 0 Å². The summed E-state index contributed by atoms with van der Waals surface area (Å²) in [5.41, 5.74) is 8.10. The summed E-state index contributed by atoms with van der Waals surface area (Å²) in [4.78, 5) is 6.77. The van der Waals surface area contributed by atoms with E-state index in [0.29, 0.717) is 0 Å². The van der Waals surface area contributed by atoms with Crippen molar-refractivity contribution in [1.82, 2.24) is 4.98 Å². The van der Waals surface area contributed by atoms with Gasteiger partial charge in [-0.05, 0) is 25.0 Å². The number of rotatable bonds is 3. The number of ether oxygens (including phenoxy) is 1. The lowest BCUT2D eigenvalue weighted by Gasteiger charge is -2.22. The second-order valence-corrected chi connectivity index (χ2v) is 4.41. The molecule has 2 N–H and O–H groups in total. The molecule has 1 fully saturated rings. The van der Waals surface area contributed by atoms with Crippen LogP contribution in [0.1, 0.15) is 31.5 Å². The van der Waals surface area contributed by atoms with E-state index in [1.54, 1.807) is 0 Å². The first kappa shape index (κ1) is 12.3. The number of hydrogen-bond acceptors (Lipinski definition) is 4. The Hall–Kier alpha value is -1.13. The largest absolute Gasteiger partial charge is 0.380 e. The zero-order chi connectivity index (χ0) is 12.1. The van der Waals surface area contributed by atoms with Crippen molar-refractivity contribution in [2.45, 2.75) is 25.8 Å².